The maximum absolute atomic E-state index is 5.03. The second-order valence-corrected chi connectivity index (χ2v) is 19.3. The number of H-pyrrole nitrogens is 2. The fourth-order valence-corrected chi connectivity index (χ4v) is 8.47. The lowest BCUT2D eigenvalue weighted by Gasteiger charge is -1.87. The molecule has 2 N–H and O–H groups in total. The maximum atomic E-state index is 5.03. The summed E-state index contributed by atoms with van der Waals surface area (Å²) >= 11 is 0. The SMILES string of the molecule is c1cc2c[nH]cc2o1.c1cc2cocc2[nH]1.c1cc2nccn2cn1.c1ccn2ncnc2c1.c1cnc2cccn2c1.c1cnc2cncn2c1.c1cnc2nccn2c1.c1cnc2ncnn2c1.c1cnc2nncn2c1.c1cnn2cccc2c1.c1cnn2nccc2c1. The van der Waals surface area contributed by atoms with Crippen LogP contribution in [-0.2, 0) is 0 Å². The minimum absolute atomic E-state index is 0.637. The van der Waals surface area contributed by atoms with Gasteiger partial charge in [0.15, 0.2) is 16.9 Å². The van der Waals surface area contributed by atoms with Crippen molar-refractivity contribution < 1.29 is 8.83 Å². The first-order valence-electron chi connectivity index (χ1n) is 29.3. The van der Waals surface area contributed by atoms with Gasteiger partial charge in [0.25, 0.3) is 11.6 Å². The Labute approximate surface area is 546 Å². The normalized spacial score (nSPS) is 10.3. The van der Waals surface area contributed by atoms with Gasteiger partial charge in [-0.1, -0.05) is 6.07 Å². The molecule has 0 unspecified atom stereocenters. The third-order valence-electron chi connectivity index (χ3n) is 13.0. The van der Waals surface area contributed by atoms with Gasteiger partial charge in [-0.15, -0.1) is 10.2 Å². The Morgan fingerprint density at radius 3 is 1.84 bits per heavy atom. The number of aromatic amines is 2. The van der Waals surface area contributed by atoms with Gasteiger partial charge in [0, 0.05) is 153 Å². The molecular formula is C66H55N29O2. The molecule has 0 amide bonds. The zero-order valence-electron chi connectivity index (χ0n) is 51.0. The van der Waals surface area contributed by atoms with Crippen LogP contribution in [0.25, 0.3) is 72.8 Å². The molecular weight excluding hydrogens is 1230 g/mol. The first-order valence-corrected chi connectivity index (χ1v) is 29.3. The molecule has 0 saturated heterocycles. The van der Waals surface area contributed by atoms with E-state index >= 15 is 0 Å². The van der Waals surface area contributed by atoms with Crippen LogP contribution in [0, 0.1) is 0 Å². The van der Waals surface area contributed by atoms with Gasteiger partial charge < -0.3 is 23.2 Å². The van der Waals surface area contributed by atoms with Crippen LogP contribution in [0.15, 0.2) is 336 Å². The second-order valence-electron chi connectivity index (χ2n) is 19.3. The Bertz CT molecular complexity index is 4480. The van der Waals surface area contributed by atoms with Gasteiger partial charge in [0.1, 0.15) is 49.2 Å². The standard InChI is InChI=1S/2C7H6N2.5C6H5N3.2C6H5NO.2C5H4N4/c1-3-7-8-4-2-6-9(7)5-1;1-3-7-4-2-6-9(7)8-5-1;1-2-7-5-9-4-3-8-6(1)9;1-2-7-6-8-3-5-9(6)4-1;1-2-6-3-5-8-9(6)7-4-1;1-2-8-6-4-7-5-9(6)3-1;1-2-4-9-6(3-1)7-5-8-9;1-2-8-6-4-7-3-5(1)6;1-2-7-6-4-8-3-5(1)6;1-2-6-5-8-7-4-9(5)3-1;1-2-6-5-7-4-8-9(5)3-1/h2*1-6H;5*1-5H;2*1-4,7H;2*1-4H. The minimum atomic E-state index is 0.637. The van der Waals surface area contributed by atoms with E-state index in [0.717, 1.165) is 61.3 Å². The summed E-state index contributed by atoms with van der Waals surface area (Å²) in [6.07, 6.45) is 58.5. The fraction of sp³-hybridized carbons (Fsp3) is 0. The number of imidazole rings is 3. The third kappa shape index (κ3) is 17.6. The Kier molecular flexibility index (Phi) is 21.1. The predicted octanol–water partition coefficient (Wildman–Crippen LogP) is 10.1. The monoisotopic (exact) mass is 1290 g/mol. The van der Waals surface area contributed by atoms with Crippen LogP contribution in [0.4, 0.5) is 0 Å². The Morgan fingerprint density at radius 1 is 0.361 bits per heavy atom. The van der Waals surface area contributed by atoms with E-state index in [-0.39, 0.29) is 0 Å². The van der Waals surface area contributed by atoms with Crippen LogP contribution in [-0.4, -0.2) is 141 Å². The minimum Gasteiger partial charge on any atom is -0.470 e. The van der Waals surface area contributed by atoms with E-state index in [9.17, 15) is 0 Å². The van der Waals surface area contributed by atoms with Crippen LogP contribution >= 0.6 is 0 Å². The summed E-state index contributed by atoms with van der Waals surface area (Å²) in [5.41, 5.74) is 7.85. The number of aromatic nitrogens is 29. The number of nitrogens with zero attached hydrogens (tertiary/aromatic N) is 27. The largest absolute Gasteiger partial charge is 0.470 e. The van der Waals surface area contributed by atoms with Gasteiger partial charge in [-0.3, -0.25) is 17.6 Å². The highest BCUT2D eigenvalue weighted by atomic mass is 16.3. The van der Waals surface area contributed by atoms with Crippen molar-refractivity contribution in [1.29, 1.82) is 0 Å². The molecule has 31 nitrogen and oxygen atoms in total. The van der Waals surface area contributed by atoms with Crippen molar-refractivity contribution >= 4 is 72.8 Å². The van der Waals surface area contributed by atoms with Crippen molar-refractivity contribution in [2.24, 2.45) is 0 Å². The summed E-state index contributed by atoms with van der Waals surface area (Å²) in [6, 6.07) is 38.4. The van der Waals surface area contributed by atoms with Crippen LogP contribution in [0.3, 0.4) is 0 Å². The number of hydrogen-bond donors (Lipinski definition) is 2. The molecule has 0 radical (unpaired) electrons. The van der Waals surface area contributed by atoms with Crippen LogP contribution < -0.4 is 0 Å². The van der Waals surface area contributed by atoms with E-state index in [2.05, 4.69) is 100 Å². The lowest BCUT2D eigenvalue weighted by atomic mass is 10.4. The maximum Gasteiger partial charge on any atom is 0.254 e. The summed E-state index contributed by atoms with van der Waals surface area (Å²) in [5.74, 6) is 2.02. The van der Waals surface area contributed by atoms with Gasteiger partial charge >= 0.3 is 0 Å². The van der Waals surface area contributed by atoms with Gasteiger partial charge in [-0.25, -0.2) is 63.4 Å². The van der Waals surface area contributed by atoms with E-state index in [1.165, 1.54) is 12.7 Å². The molecule has 0 aliphatic heterocycles. The van der Waals surface area contributed by atoms with Crippen LogP contribution in [0.1, 0.15) is 0 Å². The number of rotatable bonds is 0. The molecule has 0 aromatic carbocycles. The molecule has 0 fully saturated rings. The van der Waals surface area contributed by atoms with Gasteiger partial charge in [-0.2, -0.15) is 35.1 Å². The Hall–Kier alpha value is -14.8. The molecule has 0 bridgehead atoms. The van der Waals surface area contributed by atoms with Gasteiger partial charge in [-0.05, 0) is 115 Å². The molecule has 0 aliphatic carbocycles. The second kappa shape index (κ2) is 32.8. The molecule has 0 aliphatic rings. The molecule has 0 saturated carbocycles. The highest BCUT2D eigenvalue weighted by Crippen LogP contribution is 2.13. The molecule has 31 heteroatoms. The van der Waals surface area contributed by atoms with E-state index in [0.29, 0.717) is 11.6 Å². The average Bonchev–Trinajstić information content (AvgIpc) is 3.34. The smallest absolute Gasteiger partial charge is 0.254 e. The zero-order chi connectivity index (χ0) is 65.7. The van der Waals surface area contributed by atoms with Crippen LogP contribution in [0.5, 0.6) is 0 Å². The lowest BCUT2D eigenvalue weighted by molar-refractivity contribution is 0.571. The summed E-state index contributed by atoms with van der Waals surface area (Å²) in [6.45, 7) is 0. The molecule has 0 spiro atoms. The van der Waals surface area contributed by atoms with Gasteiger partial charge in [0.05, 0.1) is 41.5 Å². The highest BCUT2D eigenvalue weighted by Gasteiger charge is 1.96. The number of fused-ring (bicyclic) bond motifs is 11. The molecule has 22 heterocycles. The third-order valence-corrected chi connectivity index (χ3v) is 13.0. The van der Waals surface area contributed by atoms with Crippen LogP contribution in [0.2, 0.25) is 0 Å². The molecule has 22 aromatic heterocycles. The van der Waals surface area contributed by atoms with E-state index in [4.69, 9.17) is 8.83 Å². The Balaban J connectivity index is 0.000000102. The van der Waals surface area contributed by atoms with Gasteiger partial charge in [0.2, 0.25) is 5.78 Å². The van der Waals surface area contributed by atoms with Crippen molar-refractivity contribution in [3.63, 3.8) is 0 Å². The Morgan fingerprint density at radius 2 is 1.02 bits per heavy atom. The summed E-state index contributed by atoms with van der Waals surface area (Å²) < 4.78 is 26.0. The summed E-state index contributed by atoms with van der Waals surface area (Å²) in [5, 5.41) is 29.3. The van der Waals surface area contributed by atoms with Crippen molar-refractivity contribution in [3.05, 3.63) is 327 Å². The molecule has 22 aromatic rings. The predicted molar refractivity (Wildman–Crippen MR) is 358 cm³/mol. The topological polar surface area (TPSA) is 330 Å². The van der Waals surface area contributed by atoms with Crippen molar-refractivity contribution in [1.82, 2.24) is 141 Å². The zero-order valence-corrected chi connectivity index (χ0v) is 51.0. The summed E-state index contributed by atoms with van der Waals surface area (Å²) in [4.78, 5) is 49.6. The lowest BCUT2D eigenvalue weighted by Crippen LogP contribution is -1.89. The number of pyridine rings is 1. The molecule has 0 atom stereocenters. The van der Waals surface area contributed by atoms with Crippen molar-refractivity contribution in [2.45, 2.75) is 0 Å². The molecule has 22 rings (SSSR count). The van der Waals surface area contributed by atoms with E-state index < -0.39 is 0 Å². The first kappa shape index (κ1) is 62.4. The molecule has 476 valence electrons. The average molecular weight is 1290 g/mol. The van der Waals surface area contributed by atoms with Crippen molar-refractivity contribution in [3.8, 4) is 0 Å². The first-order chi connectivity index (χ1) is 48.1. The summed E-state index contributed by atoms with van der Waals surface area (Å²) in [7, 11) is 0. The number of furan rings is 2. The van der Waals surface area contributed by atoms with E-state index in [1.807, 2.05) is 218 Å². The quantitative estimate of drug-likeness (QED) is 0.142. The fourth-order valence-electron chi connectivity index (χ4n) is 8.47. The number of hydrogen-bond acceptors (Lipinski definition) is 20. The van der Waals surface area contributed by atoms with Crippen molar-refractivity contribution in [2.75, 3.05) is 0 Å². The van der Waals surface area contributed by atoms with E-state index in [1.54, 1.807) is 136 Å². The number of nitrogens with one attached hydrogen (secondary N) is 2. The molecule has 97 heavy (non-hydrogen) atoms. The highest BCUT2D eigenvalue weighted by molar-refractivity contribution is 5.77.